The normalized spacial score (nSPS) is 20.5. The molecule has 4 aliphatic rings. The molecule has 2 fully saturated rings. The van der Waals surface area contributed by atoms with Crippen molar-refractivity contribution in [2.75, 3.05) is 13.2 Å². The highest BCUT2D eigenvalue weighted by Crippen LogP contribution is 2.44. The number of carbonyl (C=O) groups excluding carboxylic acids is 9. The second-order valence-corrected chi connectivity index (χ2v) is 19.0. The summed E-state index contributed by atoms with van der Waals surface area (Å²) in [5, 5.41) is 0. The van der Waals surface area contributed by atoms with E-state index < -0.39 is 95.1 Å². The molecule has 0 unspecified atom stereocenters. The first-order valence-corrected chi connectivity index (χ1v) is 20.4. The topological polar surface area (TPSA) is 194 Å². The van der Waals surface area contributed by atoms with Gasteiger partial charge >= 0.3 is 17.9 Å². The number of hydrogen-bond donors (Lipinski definition) is 0. The van der Waals surface area contributed by atoms with E-state index in [9.17, 15) is 43.2 Å². The zero-order valence-electron chi connectivity index (χ0n) is 36.6. The smallest absolute Gasteiger partial charge is 0.338 e. The number of ether oxygens (including phenoxy) is 3. The number of rotatable bonds is 9. The average Bonchev–Trinajstić information content (AvgIpc) is 3.52. The van der Waals surface area contributed by atoms with Crippen LogP contribution in [0.2, 0.25) is 0 Å². The number of hydrogen-bond acceptors (Lipinski definition) is 12. The standard InChI is InChI=1S/C45H54N4O12/c1-24(50)48-42(4,5)18-29(19-43(48,6)7)46-36(53)32-14-12-27(16-34(32)38(46)55)40(57)59-22-31(61-26(3)52)23-60-41(58)28-13-15-33-35(17-28)39(56)47(37(33)54)30-20-44(8,9)49(25(2)51)45(10,11)21-30/h12-17,29-31H,18-23H2,1-11H3. The highest BCUT2D eigenvalue weighted by Gasteiger charge is 2.53. The zero-order valence-corrected chi connectivity index (χ0v) is 36.6. The summed E-state index contributed by atoms with van der Waals surface area (Å²) in [5.41, 5.74) is -2.38. The molecule has 4 aliphatic heterocycles. The van der Waals surface area contributed by atoms with Gasteiger partial charge in [-0.3, -0.25) is 43.4 Å². The van der Waals surface area contributed by atoms with E-state index in [0.717, 1.165) is 6.92 Å². The number of benzene rings is 2. The van der Waals surface area contributed by atoms with E-state index in [2.05, 4.69) is 0 Å². The van der Waals surface area contributed by atoms with Crippen LogP contribution in [0, 0.1) is 0 Å². The van der Waals surface area contributed by atoms with Gasteiger partial charge in [0.05, 0.1) is 33.4 Å². The van der Waals surface area contributed by atoms with Crippen LogP contribution in [0.5, 0.6) is 0 Å². The van der Waals surface area contributed by atoms with E-state index in [1.165, 1.54) is 60.0 Å². The van der Waals surface area contributed by atoms with Gasteiger partial charge in [-0.15, -0.1) is 0 Å². The van der Waals surface area contributed by atoms with Crippen LogP contribution in [-0.4, -0.2) is 127 Å². The molecule has 0 aromatic heterocycles. The first-order valence-electron chi connectivity index (χ1n) is 20.4. The van der Waals surface area contributed by atoms with Crippen molar-refractivity contribution in [1.29, 1.82) is 0 Å². The van der Waals surface area contributed by atoms with Crippen molar-refractivity contribution >= 4 is 53.4 Å². The van der Waals surface area contributed by atoms with Gasteiger partial charge in [0.1, 0.15) is 13.2 Å². The molecule has 0 saturated carbocycles. The quantitative estimate of drug-likeness (QED) is 0.187. The van der Waals surface area contributed by atoms with Crippen LogP contribution < -0.4 is 0 Å². The molecule has 61 heavy (non-hydrogen) atoms. The van der Waals surface area contributed by atoms with Gasteiger partial charge in [-0.25, -0.2) is 9.59 Å². The van der Waals surface area contributed by atoms with Gasteiger partial charge in [0, 0.05) is 55.0 Å². The SMILES string of the molecule is CC(=O)OC(COC(=O)c1ccc2c(c1)C(=O)N(C1CC(C)(C)N(C(C)=O)C(C)(C)C1)C2=O)COC(=O)c1ccc2c(c1)C(=O)N(C1CC(C)(C)N(C(C)=O)C(C)(C)C1)C2=O. The van der Waals surface area contributed by atoms with Gasteiger partial charge in [0.15, 0.2) is 6.10 Å². The number of carbonyl (C=O) groups is 9. The molecule has 0 N–H and O–H groups in total. The fourth-order valence-electron chi connectivity index (χ4n) is 10.8. The van der Waals surface area contributed by atoms with E-state index >= 15 is 0 Å². The molecule has 6 amide bonds. The van der Waals surface area contributed by atoms with Gasteiger partial charge in [0.25, 0.3) is 23.6 Å². The maximum absolute atomic E-state index is 13.8. The molecule has 0 spiro atoms. The number of imide groups is 2. The third kappa shape index (κ3) is 8.16. The Morgan fingerprint density at radius 3 is 1.15 bits per heavy atom. The highest BCUT2D eigenvalue weighted by atomic mass is 16.6. The zero-order chi connectivity index (χ0) is 45.3. The summed E-state index contributed by atoms with van der Waals surface area (Å²) in [6.07, 6.45) is 0.209. The number of esters is 3. The molecule has 4 heterocycles. The van der Waals surface area contributed by atoms with Crippen LogP contribution in [0.15, 0.2) is 36.4 Å². The van der Waals surface area contributed by atoms with Crippen molar-refractivity contribution in [3.63, 3.8) is 0 Å². The van der Waals surface area contributed by atoms with Crippen molar-refractivity contribution in [3.8, 4) is 0 Å². The molecule has 2 aromatic rings. The molecular formula is C45H54N4O12. The number of fused-ring (bicyclic) bond motifs is 2. The van der Waals surface area contributed by atoms with Crippen molar-refractivity contribution in [2.45, 2.75) is 142 Å². The van der Waals surface area contributed by atoms with Crippen LogP contribution in [0.3, 0.4) is 0 Å². The molecule has 326 valence electrons. The Hall–Kier alpha value is -5.93. The van der Waals surface area contributed by atoms with E-state index in [0.29, 0.717) is 25.7 Å². The summed E-state index contributed by atoms with van der Waals surface area (Å²) >= 11 is 0. The number of amides is 6. The lowest BCUT2D eigenvalue weighted by molar-refractivity contribution is -0.151. The fourth-order valence-corrected chi connectivity index (χ4v) is 10.8. The largest absolute Gasteiger partial charge is 0.458 e. The lowest BCUT2D eigenvalue weighted by Gasteiger charge is -2.56. The Morgan fingerprint density at radius 1 is 0.541 bits per heavy atom. The Kier molecular flexibility index (Phi) is 11.3. The molecule has 0 radical (unpaired) electrons. The van der Waals surface area contributed by atoms with Gasteiger partial charge in [-0.05, 0) is 117 Å². The summed E-state index contributed by atoms with van der Waals surface area (Å²) in [7, 11) is 0. The van der Waals surface area contributed by atoms with Gasteiger partial charge in [0.2, 0.25) is 11.8 Å². The highest BCUT2D eigenvalue weighted by molar-refractivity contribution is 6.23. The predicted octanol–water partition coefficient (Wildman–Crippen LogP) is 4.96. The number of piperidine rings is 2. The summed E-state index contributed by atoms with van der Waals surface area (Å²) in [4.78, 5) is 124. The summed E-state index contributed by atoms with van der Waals surface area (Å²) in [6.45, 7) is 18.2. The molecule has 2 aromatic carbocycles. The van der Waals surface area contributed by atoms with E-state index in [1.54, 1.807) is 9.80 Å². The monoisotopic (exact) mass is 842 g/mol. The molecule has 16 nitrogen and oxygen atoms in total. The molecule has 6 rings (SSSR count). The minimum absolute atomic E-state index is 0.0261. The van der Waals surface area contributed by atoms with Crippen molar-refractivity contribution < 1.29 is 57.4 Å². The third-order valence-corrected chi connectivity index (χ3v) is 12.2. The lowest BCUT2D eigenvalue weighted by Crippen LogP contribution is -2.66. The summed E-state index contributed by atoms with van der Waals surface area (Å²) < 4.78 is 16.1. The minimum Gasteiger partial charge on any atom is -0.458 e. The van der Waals surface area contributed by atoms with Gasteiger partial charge in [-0.1, -0.05) is 0 Å². The fraction of sp³-hybridized carbons (Fsp3) is 0.533. The van der Waals surface area contributed by atoms with E-state index in [-0.39, 0.29) is 45.2 Å². The Labute approximate surface area is 354 Å². The maximum Gasteiger partial charge on any atom is 0.338 e. The third-order valence-electron chi connectivity index (χ3n) is 12.2. The predicted molar refractivity (Wildman–Crippen MR) is 217 cm³/mol. The average molecular weight is 843 g/mol. The first kappa shape index (κ1) is 44.6. The van der Waals surface area contributed by atoms with Crippen molar-refractivity contribution in [2.24, 2.45) is 0 Å². The number of nitrogens with zero attached hydrogens (tertiary/aromatic N) is 4. The Balaban J connectivity index is 1.09. The van der Waals surface area contributed by atoms with Crippen LogP contribution in [0.25, 0.3) is 0 Å². The van der Waals surface area contributed by atoms with Crippen LogP contribution in [0.1, 0.15) is 164 Å². The maximum atomic E-state index is 13.8. The van der Waals surface area contributed by atoms with E-state index in [4.69, 9.17) is 14.2 Å². The minimum atomic E-state index is -1.24. The van der Waals surface area contributed by atoms with Crippen LogP contribution >= 0.6 is 0 Å². The molecule has 0 aliphatic carbocycles. The second kappa shape index (κ2) is 15.5. The van der Waals surface area contributed by atoms with Crippen LogP contribution in [0.4, 0.5) is 0 Å². The Morgan fingerprint density at radius 2 is 0.852 bits per heavy atom. The summed E-state index contributed by atoms with van der Waals surface area (Å²) in [6, 6.07) is 6.99. The van der Waals surface area contributed by atoms with Crippen molar-refractivity contribution in [3.05, 3.63) is 69.8 Å². The lowest BCUT2D eigenvalue weighted by atomic mass is 9.76. The first-order chi connectivity index (χ1) is 28.2. The van der Waals surface area contributed by atoms with Crippen molar-refractivity contribution in [1.82, 2.24) is 19.6 Å². The van der Waals surface area contributed by atoms with Gasteiger partial charge in [-0.2, -0.15) is 0 Å². The molecule has 0 bridgehead atoms. The van der Waals surface area contributed by atoms with E-state index in [1.807, 2.05) is 55.4 Å². The number of likely N-dealkylation sites (tertiary alicyclic amines) is 2. The molecule has 2 saturated heterocycles. The Bertz CT molecular complexity index is 2090. The molecule has 16 heteroatoms. The summed E-state index contributed by atoms with van der Waals surface area (Å²) in [5.74, 6) is -4.89. The molecule has 0 atom stereocenters. The molecular weight excluding hydrogens is 789 g/mol. The van der Waals surface area contributed by atoms with Crippen LogP contribution in [-0.2, 0) is 28.6 Å². The second-order valence-electron chi connectivity index (χ2n) is 19.0. The van der Waals surface area contributed by atoms with Gasteiger partial charge < -0.3 is 24.0 Å².